The summed E-state index contributed by atoms with van der Waals surface area (Å²) in [5, 5.41) is 4.49. The van der Waals surface area contributed by atoms with Gasteiger partial charge in [0.1, 0.15) is 11.5 Å². The number of H-pyrrole nitrogens is 1. The van der Waals surface area contributed by atoms with Crippen LogP contribution in [0.4, 0.5) is 0 Å². The third-order valence-electron chi connectivity index (χ3n) is 5.54. The number of benzene rings is 1. The van der Waals surface area contributed by atoms with Crippen LogP contribution in [-0.2, 0) is 7.05 Å². The first kappa shape index (κ1) is 17.8. The summed E-state index contributed by atoms with van der Waals surface area (Å²) >= 11 is 0. The standard InChI is InChI=1S/C21H27N5O/c1-13(2)17-11-18(25(4)24-17)21(27)26-10-6-8-15(12-26)20-22-16-9-5-7-14(3)19(16)23-20/h5,7,9,11,13,15H,6,8,10,12H2,1-4H3,(H,22,23). The molecule has 1 fully saturated rings. The molecule has 0 bridgehead atoms. The van der Waals surface area contributed by atoms with Gasteiger partial charge < -0.3 is 9.88 Å². The number of carbonyl (C=O) groups is 1. The first-order chi connectivity index (χ1) is 12.9. The summed E-state index contributed by atoms with van der Waals surface area (Å²) in [5.74, 6) is 1.61. The third-order valence-corrected chi connectivity index (χ3v) is 5.54. The van der Waals surface area contributed by atoms with E-state index in [1.54, 1.807) is 4.68 Å². The molecule has 1 aromatic carbocycles. The number of rotatable bonds is 3. The Morgan fingerprint density at radius 1 is 1.33 bits per heavy atom. The normalized spacial score (nSPS) is 17.8. The molecule has 3 aromatic rings. The van der Waals surface area contributed by atoms with Gasteiger partial charge in [-0.25, -0.2) is 4.98 Å². The van der Waals surface area contributed by atoms with E-state index in [4.69, 9.17) is 4.98 Å². The van der Waals surface area contributed by atoms with E-state index in [0.29, 0.717) is 18.2 Å². The van der Waals surface area contributed by atoms with Gasteiger partial charge in [0.15, 0.2) is 0 Å². The number of nitrogens with one attached hydrogen (secondary N) is 1. The zero-order valence-electron chi connectivity index (χ0n) is 16.5. The number of hydrogen-bond donors (Lipinski definition) is 1. The maximum Gasteiger partial charge on any atom is 0.272 e. The molecule has 1 saturated heterocycles. The molecule has 0 radical (unpaired) electrons. The summed E-state index contributed by atoms with van der Waals surface area (Å²) in [6, 6.07) is 8.12. The number of hydrogen-bond acceptors (Lipinski definition) is 3. The lowest BCUT2D eigenvalue weighted by molar-refractivity contribution is 0.0693. The van der Waals surface area contributed by atoms with E-state index >= 15 is 0 Å². The summed E-state index contributed by atoms with van der Waals surface area (Å²) < 4.78 is 1.71. The Kier molecular flexibility index (Phi) is 4.50. The molecular weight excluding hydrogens is 338 g/mol. The average Bonchev–Trinajstić information content (AvgIpc) is 3.26. The number of aryl methyl sites for hydroxylation is 2. The Morgan fingerprint density at radius 3 is 2.85 bits per heavy atom. The van der Waals surface area contributed by atoms with E-state index in [-0.39, 0.29) is 11.8 Å². The fourth-order valence-corrected chi connectivity index (χ4v) is 3.91. The molecule has 1 aliphatic heterocycles. The molecular formula is C21H27N5O. The fraction of sp³-hybridized carbons (Fsp3) is 0.476. The van der Waals surface area contributed by atoms with Crippen molar-refractivity contribution in [3.63, 3.8) is 0 Å². The van der Waals surface area contributed by atoms with E-state index in [9.17, 15) is 4.79 Å². The zero-order chi connectivity index (χ0) is 19.1. The lowest BCUT2D eigenvalue weighted by Crippen LogP contribution is -2.40. The van der Waals surface area contributed by atoms with Crippen molar-refractivity contribution in [2.45, 2.75) is 45.4 Å². The third kappa shape index (κ3) is 3.24. The molecule has 142 valence electrons. The molecule has 0 saturated carbocycles. The number of likely N-dealkylation sites (tertiary alicyclic amines) is 1. The van der Waals surface area contributed by atoms with Gasteiger partial charge in [0.25, 0.3) is 5.91 Å². The summed E-state index contributed by atoms with van der Waals surface area (Å²) in [6.07, 6.45) is 2.03. The Morgan fingerprint density at radius 2 is 2.15 bits per heavy atom. The Hall–Kier alpha value is -2.63. The Labute approximate surface area is 159 Å². The number of piperidine rings is 1. The summed E-state index contributed by atoms with van der Waals surface area (Å²) in [6.45, 7) is 7.75. The van der Waals surface area contributed by atoms with Gasteiger partial charge in [0, 0.05) is 26.1 Å². The highest BCUT2D eigenvalue weighted by Crippen LogP contribution is 2.28. The van der Waals surface area contributed by atoms with Crippen molar-refractivity contribution >= 4 is 16.9 Å². The summed E-state index contributed by atoms with van der Waals surface area (Å²) in [7, 11) is 1.85. The van der Waals surface area contributed by atoms with Crippen molar-refractivity contribution in [2.24, 2.45) is 7.05 Å². The predicted molar refractivity (Wildman–Crippen MR) is 106 cm³/mol. The van der Waals surface area contributed by atoms with Gasteiger partial charge in [-0.15, -0.1) is 0 Å². The van der Waals surface area contributed by atoms with Gasteiger partial charge in [-0.05, 0) is 43.4 Å². The van der Waals surface area contributed by atoms with Gasteiger partial charge >= 0.3 is 0 Å². The first-order valence-corrected chi connectivity index (χ1v) is 9.72. The van der Waals surface area contributed by atoms with Crippen LogP contribution in [-0.4, -0.2) is 43.6 Å². The van der Waals surface area contributed by atoms with Crippen LogP contribution >= 0.6 is 0 Å². The highest BCUT2D eigenvalue weighted by Gasteiger charge is 2.29. The largest absolute Gasteiger partial charge is 0.342 e. The van der Waals surface area contributed by atoms with Gasteiger partial charge in [-0.3, -0.25) is 9.48 Å². The average molecular weight is 365 g/mol. The van der Waals surface area contributed by atoms with E-state index in [2.05, 4.69) is 43.0 Å². The molecule has 1 N–H and O–H groups in total. The van der Waals surface area contributed by atoms with Gasteiger partial charge in [-0.1, -0.05) is 26.0 Å². The topological polar surface area (TPSA) is 66.8 Å². The van der Waals surface area contributed by atoms with Crippen LogP contribution in [0, 0.1) is 6.92 Å². The second kappa shape index (κ2) is 6.83. The zero-order valence-corrected chi connectivity index (χ0v) is 16.5. The lowest BCUT2D eigenvalue weighted by atomic mass is 9.97. The molecule has 3 heterocycles. The molecule has 6 nitrogen and oxygen atoms in total. The Balaban J connectivity index is 1.57. The number of para-hydroxylation sites is 1. The van der Waals surface area contributed by atoms with Crippen LogP contribution in [0.1, 0.15) is 66.1 Å². The number of amides is 1. The molecule has 1 atom stereocenters. The molecule has 27 heavy (non-hydrogen) atoms. The van der Waals surface area contributed by atoms with Gasteiger partial charge in [0.2, 0.25) is 0 Å². The monoisotopic (exact) mass is 365 g/mol. The fourth-order valence-electron chi connectivity index (χ4n) is 3.91. The number of aromatic amines is 1. The van der Waals surface area contributed by atoms with Crippen LogP contribution < -0.4 is 0 Å². The van der Waals surface area contributed by atoms with E-state index in [1.807, 2.05) is 24.1 Å². The minimum atomic E-state index is 0.0638. The van der Waals surface area contributed by atoms with Crippen LogP contribution in [0.25, 0.3) is 11.0 Å². The van der Waals surface area contributed by atoms with Crippen LogP contribution in [0.5, 0.6) is 0 Å². The number of carbonyl (C=O) groups excluding carboxylic acids is 1. The van der Waals surface area contributed by atoms with Crippen molar-refractivity contribution in [1.82, 2.24) is 24.6 Å². The molecule has 0 aliphatic carbocycles. The lowest BCUT2D eigenvalue weighted by Gasteiger charge is -2.31. The predicted octanol–water partition coefficient (Wildman–Crippen LogP) is 3.75. The molecule has 2 aromatic heterocycles. The number of imidazole rings is 1. The Bertz CT molecular complexity index is 984. The summed E-state index contributed by atoms with van der Waals surface area (Å²) in [5.41, 5.74) is 4.91. The van der Waals surface area contributed by atoms with Crippen LogP contribution in [0.15, 0.2) is 24.3 Å². The highest BCUT2D eigenvalue weighted by molar-refractivity contribution is 5.93. The summed E-state index contributed by atoms with van der Waals surface area (Å²) in [4.78, 5) is 23.4. The minimum Gasteiger partial charge on any atom is -0.342 e. The minimum absolute atomic E-state index is 0.0638. The van der Waals surface area contributed by atoms with E-state index < -0.39 is 0 Å². The van der Waals surface area contributed by atoms with Gasteiger partial charge in [0.05, 0.1) is 16.7 Å². The van der Waals surface area contributed by atoms with Crippen molar-refractivity contribution in [3.05, 3.63) is 47.0 Å². The maximum atomic E-state index is 13.1. The molecule has 1 unspecified atom stereocenters. The molecule has 4 rings (SSSR count). The highest BCUT2D eigenvalue weighted by atomic mass is 16.2. The van der Waals surface area contributed by atoms with Crippen molar-refractivity contribution in [2.75, 3.05) is 13.1 Å². The van der Waals surface area contributed by atoms with E-state index in [1.165, 1.54) is 5.56 Å². The van der Waals surface area contributed by atoms with Crippen LogP contribution in [0.3, 0.4) is 0 Å². The van der Waals surface area contributed by atoms with Gasteiger partial charge in [-0.2, -0.15) is 5.10 Å². The van der Waals surface area contributed by atoms with Crippen molar-refractivity contribution < 1.29 is 4.79 Å². The van der Waals surface area contributed by atoms with Crippen molar-refractivity contribution in [1.29, 1.82) is 0 Å². The molecule has 0 spiro atoms. The van der Waals surface area contributed by atoms with E-state index in [0.717, 1.165) is 41.9 Å². The molecule has 1 aliphatic rings. The number of fused-ring (bicyclic) bond motifs is 1. The first-order valence-electron chi connectivity index (χ1n) is 9.72. The second-order valence-corrected chi connectivity index (χ2v) is 7.92. The second-order valence-electron chi connectivity index (χ2n) is 7.92. The SMILES string of the molecule is Cc1cccc2[nH]c(C3CCCN(C(=O)c4cc(C(C)C)nn4C)C3)nc12. The molecule has 1 amide bonds. The number of aromatic nitrogens is 4. The number of nitrogens with zero attached hydrogens (tertiary/aromatic N) is 4. The van der Waals surface area contributed by atoms with Crippen molar-refractivity contribution in [3.8, 4) is 0 Å². The van der Waals surface area contributed by atoms with Crippen LogP contribution in [0.2, 0.25) is 0 Å². The molecule has 6 heteroatoms. The maximum absolute atomic E-state index is 13.1. The smallest absolute Gasteiger partial charge is 0.272 e. The quantitative estimate of drug-likeness (QED) is 0.769.